The Balaban J connectivity index is 2.66. The van der Waals surface area contributed by atoms with Crippen molar-refractivity contribution in [3.05, 3.63) is 29.6 Å². The summed E-state index contributed by atoms with van der Waals surface area (Å²) in [6.45, 7) is 2.58. The highest BCUT2D eigenvalue weighted by Crippen LogP contribution is 2.10. The van der Waals surface area contributed by atoms with Gasteiger partial charge in [-0.05, 0) is 18.6 Å². The Labute approximate surface area is 88.3 Å². The van der Waals surface area contributed by atoms with Crippen LogP contribution in [-0.4, -0.2) is 29.1 Å². The monoisotopic (exact) mass is 209 g/mol. The van der Waals surface area contributed by atoms with Crippen LogP contribution in [0, 0.1) is 0 Å². The molecule has 0 aromatic carbocycles. The number of nitrogens with two attached hydrogens (primary N) is 1. The van der Waals surface area contributed by atoms with Crippen molar-refractivity contribution in [3.63, 3.8) is 0 Å². The zero-order valence-corrected chi connectivity index (χ0v) is 8.60. The SMILES string of the molecule is CC(NCCO)c1ccc(C(N)=O)nc1. The molecule has 1 aromatic rings. The topological polar surface area (TPSA) is 88.2 Å². The van der Waals surface area contributed by atoms with Crippen LogP contribution in [0.4, 0.5) is 0 Å². The summed E-state index contributed by atoms with van der Waals surface area (Å²) in [6.07, 6.45) is 1.61. The minimum Gasteiger partial charge on any atom is -0.395 e. The van der Waals surface area contributed by atoms with Crippen molar-refractivity contribution < 1.29 is 9.90 Å². The standard InChI is InChI=1S/C10H15N3O2/c1-7(12-4-5-14)8-2-3-9(10(11)15)13-6-8/h2-3,6-7,12,14H,4-5H2,1H3,(H2,11,15). The summed E-state index contributed by atoms with van der Waals surface area (Å²) in [5, 5.41) is 11.7. The molecule has 0 aliphatic heterocycles. The van der Waals surface area contributed by atoms with Gasteiger partial charge in [0.1, 0.15) is 5.69 Å². The molecular weight excluding hydrogens is 194 g/mol. The molecule has 1 amide bonds. The summed E-state index contributed by atoms with van der Waals surface area (Å²) < 4.78 is 0. The molecule has 15 heavy (non-hydrogen) atoms. The molecule has 0 aliphatic carbocycles. The highest BCUT2D eigenvalue weighted by atomic mass is 16.3. The summed E-state index contributed by atoms with van der Waals surface area (Å²) in [5.41, 5.74) is 6.28. The number of aromatic nitrogens is 1. The van der Waals surface area contributed by atoms with Crippen LogP contribution in [0.2, 0.25) is 0 Å². The molecule has 1 aromatic heterocycles. The van der Waals surface area contributed by atoms with E-state index in [1.807, 2.05) is 6.92 Å². The van der Waals surface area contributed by atoms with Crippen LogP contribution < -0.4 is 11.1 Å². The van der Waals surface area contributed by atoms with E-state index < -0.39 is 5.91 Å². The number of nitrogens with one attached hydrogen (secondary N) is 1. The highest BCUT2D eigenvalue weighted by molar-refractivity contribution is 5.90. The van der Waals surface area contributed by atoms with Crippen molar-refractivity contribution in [1.29, 1.82) is 0 Å². The first-order valence-electron chi connectivity index (χ1n) is 4.75. The van der Waals surface area contributed by atoms with Gasteiger partial charge in [0.05, 0.1) is 6.61 Å². The fraction of sp³-hybridized carbons (Fsp3) is 0.400. The van der Waals surface area contributed by atoms with E-state index in [1.54, 1.807) is 18.3 Å². The van der Waals surface area contributed by atoms with Gasteiger partial charge in [0, 0.05) is 18.8 Å². The molecule has 1 atom stereocenters. The molecule has 0 aliphatic rings. The maximum absolute atomic E-state index is 10.8. The molecule has 0 spiro atoms. The zero-order valence-electron chi connectivity index (χ0n) is 8.60. The number of aliphatic hydroxyl groups is 1. The highest BCUT2D eigenvalue weighted by Gasteiger charge is 2.06. The van der Waals surface area contributed by atoms with Crippen LogP contribution in [0.25, 0.3) is 0 Å². The predicted molar refractivity (Wildman–Crippen MR) is 56.3 cm³/mol. The van der Waals surface area contributed by atoms with Crippen molar-refractivity contribution >= 4 is 5.91 Å². The van der Waals surface area contributed by atoms with E-state index in [2.05, 4.69) is 10.3 Å². The van der Waals surface area contributed by atoms with Crippen LogP contribution in [0.1, 0.15) is 29.0 Å². The first-order valence-corrected chi connectivity index (χ1v) is 4.75. The lowest BCUT2D eigenvalue weighted by atomic mass is 10.1. The molecule has 0 saturated heterocycles. The lowest BCUT2D eigenvalue weighted by Crippen LogP contribution is -2.22. The zero-order chi connectivity index (χ0) is 11.3. The normalized spacial score (nSPS) is 12.4. The quantitative estimate of drug-likeness (QED) is 0.628. The molecule has 4 N–H and O–H groups in total. The third-order valence-corrected chi connectivity index (χ3v) is 2.10. The average Bonchev–Trinajstić information content (AvgIpc) is 2.26. The Bertz CT molecular complexity index is 324. The lowest BCUT2D eigenvalue weighted by Gasteiger charge is -2.12. The van der Waals surface area contributed by atoms with Crippen LogP contribution >= 0.6 is 0 Å². The molecule has 0 fully saturated rings. The third kappa shape index (κ3) is 3.30. The molecule has 5 nitrogen and oxygen atoms in total. The Morgan fingerprint density at radius 2 is 2.40 bits per heavy atom. The minimum atomic E-state index is -0.530. The smallest absolute Gasteiger partial charge is 0.267 e. The number of hydrogen-bond acceptors (Lipinski definition) is 4. The van der Waals surface area contributed by atoms with Gasteiger partial charge in [-0.3, -0.25) is 9.78 Å². The molecule has 1 rings (SSSR count). The Morgan fingerprint density at radius 1 is 1.67 bits per heavy atom. The predicted octanol–water partition coefficient (Wildman–Crippen LogP) is -0.177. The summed E-state index contributed by atoms with van der Waals surface area (Å²) in [7, 11) is 0. The largest absolute Gasteiger partial charge is 0.395 e. The summed E-state index contributed by atoms with van der Waals surface area (Å²) in [4.78, 5) is 14.7. The number of pyridine rings is 1. The van der Waals surface area contributed by atoms with E-state index in [-0.39, 0.29) is 18.3 Å². The second kappa shape index (κ2) is 5.43. The van der Waals surface area contributed by atoms with E-state index in [9.17, 15) is 4.79 Å². The minimum absolute atomic E-state index is 0.0894. The van der Waals surface area contributed by atoms with E-state index in [4.69, 9.17) is 10.8 Å². The first-order chi connectivity index (χ1) is 7.15. The Hall–Kier alpha value is -1.46. The number of amides is 1. The van der Waals surface area contributed by atoms with Gasteiger partial charge in [-0.25, -0.2) is 0 Å². The van der Waals surface area contributed by atoms with Crippen molar-refractivity contribution in [2.75, 3.05) is 13.2 Å². The molecular formula is C10H15N3O2. The number of nitrogens with zero attached hydrogens (tertiary/aromatic N) is 1. The second-order valence-corrected chi connectivity index (χ2v) is 3.24. The number of carbonyl (C=O) groups excluding carboxylic acids is 1. The number of rotatable bonds is 5. The van der Waals surface area contributed by atoms with E-state index in [0.29, 0.717) is 6.54 Å². The summed E-state index contributed by atoms with van der Waals surface area (Å²) >= 11 is 0. The molecule has 0 radical (unpaired) electrons. The molecule has 5 heteroatoms. The van der Waals surface area contributed by atoms with Crippen LogP contribution in [0.5, 0.6) is 0 Å². The van der Waals surface area contributed by atoms with Gasteiger partial charge in [-0.15, -0.1) is 0 Å². The van der Waals surface area contributed by atoms with Gasteiger partial charge >= 0.3 is 0 Å². The fourth-order valence-electron chi connectivity index (χ4n) is 1.21. The van der Waals surface area contributed by atoms with Crippen molar-refractivity contribution in [1.82, 2.24) is 10.3 Å². The van der Waals surface area contributed by atoms with E-state index in [1.165, 1.54) is 0 Å². The molecule has 1 unspecified atom stereocenters. The van der Waals surface area contributed by atoms with Gasteiger partial charge < -0.3 is 16.2 Å². The Morgan fingerprint density at radius 3 is 2.87 bits per heavy atom. The number of hydrogen-bond donors (Lipinski definition) is 3. The van der Waals surface area contributed by atoms with E-state index in [0.717, 1.165) is 5.56 Å². The summed E-state index contributed by atoms with van der Waals surface area (Å²) in [6, 6.07) is 3.48. The van der Waals surface area contributed by atoms with Crippen LogP contribution in [0.3, 0.4) is 0 Å². The molecule has 1 heterocycles. The van der Waals surface area contributed by atoms with Crippen molar-refractivity contribution in [2.45, 2.75) is 13.0 Å². The number of carbonyl (C=O) groups is 1. The average molecular weight is 209 g/mol. The van der Waals surface area contributed by atoms with Gasteiger partial charge in [0.25, 0.3) is 5.91 Å². The lowest BCUT2D eigenvalue weighted by molar-refractivity contribution is 0.0995. The maximum Gasteiger partial charge on any atom is 0.267 e. The van der Waals surface area contributed by atoms with Gasteiger partial charge in [0.2, 0.25) is 0 Å². The van der Waals surface area contributed by atoms with Crippen LogP contribution in [0.15, 0.2) is 18.3 Å². The molecule has 82 valence electrons. The Kier molecular flexibility index (Phi) is 4.20. The van der Waals surface area contributed by atoms with Crippen LogP contribution in [-0.2, 0) is 0 Å². The van der Waals surface area contributed by atoms with Gasteiger partial charge in [0.15, 0.2) is 0 Å². The number of aliphatic hydroxyl groups excluding tert-OH is 1. The summed E-state index contributed by atoms with van der Waals surface area (Å²) in [5.74, 6) is -0.530. The molecule has 0 saturated carbocycles. The van der Waals surface area contributed by atoms with Gasteiger partial charge in [-0.2, -0.15) is 0 Å². The third-order valence-electron chi connectivity index (χ3n) is 2.10. The second-order valence-electron chi connectivity index (χ2n) is 3.24. The van der Waals surface area contributed by atoms with Crippen molar-refractivity contribution in [2.24, 2.45) is 5.73 Å². The first kappa shape index (κ1) is 11.6. The molecule has 0 bridgehead atoms. The van der Waals surface area contributed by atoms with Crippen molar-refractivity contribution in [3.8, 4) is 0 Å². The van der Waals surface area contributed by atoms with E-state index >= 15 is 0 Å². The maximum atomic E-state index is 10.8. The van der Waals surface area contributed by atoms with Gasteiger partial charge in [-0.1, -0.05) is 6.07 Å². The fourth-order valence-corrected chi connectivity index (χ4v) is 1.21. The number of primary amides is 1.